The van der Waals surface area contributed by atoms with Crippen LogP contribution in [-0.4, -0.2) is 12.0 Å². The number of fused-ring (bicyclic) bond motifs is 1. The Bertz CT molecular complexity index is 1280. The molecule has 0 unspecified atom stereocenters. The Morgan fingerprint density at radius 2 is 1.36 bits per heavy atom. The fourth-order valence-corrected chi connectivity index (χ4v) is 3.27. The Balaban J connectivity index is 1.95. The van der Waals surface area contributed by atoms with E-state index in [1.165, 1.54) is 12.1 Å². The monoisotopic (exact) mass is 477 g/mol. The van der Waals surface area contributed by atoms with Crippen molar-refractivity contribution in [3.05, 3.63) is 82.7 Å². The second kappa shape index (κ2) is 7.71. The lowest BCUT2D eigenvalue weighted by Crippen LogP contribution is -2.50. The standard InChI is InChI=1S/C21H8F9NO2/c22-10-4-2-1-3-8(10)7-31-12-5-9(11(23)6-13(12)33-21(29,30)20(31)32)14-15(24)17(26)19(28)18(27)16(14)25/h1-6H,7H2. The van der Waals surface area contributed by atoms with Gasteiger partial charge in [-0.2, -0.15) is 8.78 Å². The Hall–Kier alpha value is -3.70. The van der Waals surface area contributed by atoms with Crippen LogP contribution in [0.5, 0.6) is 5.75 Å². The minimum atomic E-state index is -4.52. The molecule has 3 nitrogen and oxygen atoms in total. The van der Waals surface area contributed by atoms with Crippen LogP contribution in [0.4, 0.5) is 45.2 Å². The number of carbonyl (C=O) groups excluding carboxylic acids is 1. The van der Waals surface area contributed by atoms with Crippen molar-refractivity contribution in [1.29, 1.82) is 0 Å². The lowest BCUT2D eigenvalue weighted by molar-refractivity contribution is -0.193. The van der Waals surface area contributed by atoms with Crippen molar-refractivity contribution < 1.29 is 49.0 Å². The van der Waals surface area contributed by atoms with Crippen molar-refractivity contribution in [1.82, 2.24) is 0 Å². The van der Waals surface area contributed by atoms with Crippen molar-refractivity contribution in [3.8, 4) is 16.9 Å². The summed E-state index contributed by atoms with van der Waals surface area (Å²) in [6.45, 7) is -0.848. The second-order valence-corrected chi connectivity index (χ2v) is 6.85. The van der Waals surface area contributed by atoms with Gasteiger partial charge in [-0.05, 0) is 12.1 Å². The molecule has 0 atom stereocenters. The number of halogens is 9. The number of alkyl halides is 2. The molecule has 4 rings (SSSR count). The van der Waals surface area contributed by atoms with Gasteiger partial charge in [-0.3, -0.25) is 9.69 Å². The SMILES string of the molecule is O=C1N(Cc2ccccc2F)c2cc(-c3c(F)c(F)c(F)c(F)c3F)c(F)cc2OC1(F)F. The Morgan fingerprint density at radius 3 is 1.97 bits per heavy atom. The van der Waals surface area contributed by atoms with Crippen LogP contribution in [0.2, 0.25) is 0 Å². The van der Waals surface area contributed by atoms with Gasteiger partial charge in [-0.25, -0.2) is 30.7 Å². The quantitative estimate of drug-likeness (QED) is 0.269. The molecule has 0 fully saturated rings. The number of carbonyl (C=O) groups is 1. The summed E-state index contributed by atoms with van der Waals surface area (Å²) >= 11 is 0. The van der Waals surface area contributed by atoms with Gasteiger partial charge >= 0.3 is 12.0 Å². The molecule has 0 aliphatic carbocycles. The molecule has 1 amide bonds. The Morgan fingerprint density at radius 1 is 0.788 bits per heavy atom. The summed E-state index contributed by atoms with van der Waals surface area (Å²) in [6.07, 6.45) is -4.52. The van der Waals surface area contributed by atoms with Crippen LogP contribution in [0.25, 0.3) is 11.1 Å². The third-order valence-electron chi connectivity index (χ3n) is 4.84. The van der Waals surface area contributed by atoms with Crippen LogP contribution < -0.4 is 9.64 Å². The van der Waals surface area contributed by atoms with E-state index in [2.05, 4.69) is 4.74 Å². The maximum absolute atomic E-state index is 14.6. The summed E-state index contributed by atoms with van der Waals surface area (Å²) in [7, 11) is 0. The van der Waals surface area contributed by atoms with Crippen molar-refractivity contribution in [3.63, 3.8) is 0 Å². The van der Waals surface area contributed by atoms with Crippen molar-refractivity contribution in [2.75, 3.05) is 4.90 Å². The molecule has 1 aliphatic rings. The minimum absolute atomic E-state index is 0.192. The van der Waals surface area contributed by atoms with E-state index in [4.69, 9.17) is 0 Å². The van der Waals surface area contributed by atoms with Crippen LogP contribution in [0, 0.1) is 40.7 Å². The average Bonchev–Trinajstić information content (AvgIpc) is 2.76. The third-order valence-corrected chi connectivity index (χ3v) is 4.84. The molecule has 3 aromatic rings. The molecule has 1 heterocycles. The van der Waals surface area contributed by atoms with E-state index in [1.807, 2.05) is 0 Å². The lowest BCUT2D eigenvalue weighted by atomic mass is 10.0. The van der Waals surface area contributed by atoms with Gasteiger partial charge in [0.2, 0.25) is 5.82 Å². The predicted molar refractivity (Wildman–Crippen MR) is 94.8 cm³/mol. The van der Waals surface area contributed by atoms with Gasteiger partial charge in [0.15, 0.2) is 29.0 Å². The van der Waals surface area contributed by atoms with Crippen LogP contribution in [-0.2, 0) is 11.3 Å². The number of ether oxygens (including phenoxy) is 1. The van der Waals surface area contributed by atoms with Gasteiger partial charge in [0, 0.05) is 17.2 Å². The number of hydrogen-bond acceptors (Lipinski definition) is 2. The molecule has 0 saturated heterocycles. The zero-order chi connectivity index (χ0) is 24.2. The summed E-state index contributed by atoms with van der Waals surface area (Å²) in [4.78, 5) is 12.5. The number of anilines is 1. The van der Waals surface area contributed by atoms with Gasteiger partial charge in [0.05, 0.1) is 17.8 Å². The molecule has 172 valence electrons. The number of benzene rings is 3. The first-order valence-electron chi connectivity index (χ1n) is 8.91. The van der Waals surface area contributed by atoms with Crippen LogP contribution >= 0.6 is 0 Å². The predicted octanol–water partition coefficient (Wildman–Crippen LogP) is 5.85. The highest BCUT2D eigenvalue weighted by Crippen LogP contribution is 2.45. The van der Waals surface area contributed by atoms with E-state index in [1.54, 1.807) is 0 Å². The highest BCUT2D eigenvalue weighted by molar-refractivity contribution is 6.01. The molecular weight excluding hydrogens is 469 g/mol. The van der Waals surface area contributed by atoms with E-state index in [9.17, 15) is 44.3 Å². The van der Waals surface area contributed by atoms with E-state index in [-0.39, 0.29) is 16.5 Å². The Kier molecular flexibility index (Phi) is 5.26. The van der Waals surface area contributed by atoms with E-state index in [0.717, 1.165) is 12.1 Å². The minimum Gasteiger partial charge on any atom is -0.423 e. The average molecular weight is 477 g/mol. The second-order valence-electron chi connectivity index (χ2n) is 6.85. The fourth-order valence-electron chi connectivity index (χ4n) is 3.27. The zero-order valence-corrected chi connectivity index (χ0v) is 15.8. The molecule has 1 aliphatic heterocycles. The molecule has 33 heavy (non-hydrogen) atoms. The smallest absolute Gasteiger partial charge is 0.423 e. The van der Waals surface area contributed by atoms with E-state index >= 15 is 0 Å². The first kappa shape index (κ1) is 22.5. The highest BCUT2D eigenvalue weighted by atomic mass is 19.3. The normalized spacial score (nSPS) is 14.8. The van der Waals surface area contributed by atoms with Gasteiger partial charge in [-0.15, -0.1) is 0 Å². The molecule has 0 bridgehead atoms. The molecule has 0 N–H and O–H groups in total. The molecule has 0 aromatic heterocycles. The fraction of sp³-hybridized carbons (Fsp3) is 0.0952. The van der Waals surface area contributed by atoms with Crippen molar-refractivity contribution in [2.24, 2.45) is 0 Å². The lowest BCUT2D eigenvalue weighted by Gasteiger charge is -2.34. The summed E-state index contributed by atoms with van der Waals surface area (Å²) < 4.78 is 130. The summed E-state index contributed by atoms with van der Waals surface area (Å²) in [5.74, 6) is -17.6. The van der Waals surface area contributed by atoms with Crippen molar-refractivity contribution >= 4 is 11.6 Å². The maximum atomic E-state index is 14.6. The molecule has 12 heteroatoms. The van der Waals surface area contributed by atoms with Gasteiger partial charge in [0.25, 0.3) is 0 Å². The number of rotatable bonds is 3. The van der Waals surface area contributed by atoms with E-state index in [0.29, 0.717) is 6.07 Å². The number of hydrogen-bond donors (Lipinski definition) is 0. The summed E-state index contributed by atoms with van der Waals surface area (Å²) in [5.41, 5.74) is -3.91. The first-order valence-corrected chi connectivity index (χ1v) is 8.91. The maximum Gasteiger partial charge on any atom is 0.482 e. The number of nitrogens with zero attached hydrogens (tertiary/aromatic N) is 1. The van der Waals surface area contributed by atoms with Crippen molar-refractivity contribution in [2.45, 2.75) is 12.7 Å². The van der Waals surface area contributed by atoms with Crippen LogP contribution in [0.15, 0.2) is 36.4 Å². The first-order chi connectivity index (χ1) is 15.4. The Labute approximate surface area is 178 Å². The third kappa shape index (κ3) is 3.55. The topological polar surface area (TPSA) is 29.5 Å². The molecular formula is C21H8F9NO2. The largest absolute Gasteiger partial charge is 0.482 e. The van der Waals surface area contributed by atoms with Gasteiger partial charge in [-0.1, -0.05) is 18.2 Å². The van der Waals surface area contributed by atoms with Gasteiger partial charge in [0.1, 0.15) is 11.6 Å². The molecule has 0 radical (unpaired) electrons. The molecule has 3 aromatic carbocycles. The van der Waals surface area contributed by atoms with Crippen LogP contribution in [0.1, 0.15) is 5.56 Å². The molecule has 0 saturated carbocycles. The summed E-state index contributed by atoms with van der Waals surface area (Å²) in [6, 6.07) is 5.30. The zero-order valence-electron chi connectivity index (χ0n) is 15.8. The number of amides is 1. The highest BCUT2D eigenvalue weighted by Gasteiger charge is 2.51. The van der Waals surface area contributed by atoms with Crippen LogP contribution in [0.3, 0.4) is 0 Å². The molecule has 0 spiro atoms. The summed E-state index contributed by atoms with van der Waals surface area (Å²) in [5, 5.41) is 0. The van der Waals surface area contributed by atoms with Gasteiger partial charge < -0.3 is 4.74 Å². The van der Waals surface area contributed by atoms with E-state index < -0.39 is 81.8 Å².